The summed E-state index contributed by atoms with van der Waals surface area (Å²) in [7, 11) is 4.58. The van der Waals surface area contributed by atoms with E-state index in [0.717, 1.165) is 0 Å². The lowest BCUT2D eigenvalue weighted by atomic mass is 10.1. The van der Waals surface area contributed by atoms with E-state index in [1.54, 1.807) is 14.0 Å². The van der Waals surface area contributed by atoms with Gasteiger partial charge < -0.3 is 15.0 Å². The molecule has 0 spiro atoms. The first-order valence-electron chi connectivity index (χ1n) is 5.68. The highest BCUT2D eigenvalue weighted by Gasteiger charge is 2.16. The van der Waals surface area contributed by atoms with Crippen LogP contribution in [0.25, 0.3) is 0 Å². The molecule has 0 saturated carbocycles. The zero-order valence-corrected chi connectivity index (χ0v) is 11.3. The number of rotatable bonds is 6. The zero-order valence-electron chi connectivity index (χ0n) is 11.3. The van der Waals surface area contributed by atoms with Crippen LogP contribution in [-0.2, 0) is 14.3 Å². The van der Waals surface area contributed by atoms with Crippen LogP contribution in [0.5, 0.6) is 0 Å². The Hall–Kier alpha value is -1.63. The molecular weight excluding hydrogens is 238 g/mol. The van der Waals surface area contributed by atoms with Crippen molar-refractivity contribution in [3.8, 4) is 0 Å². The summed E-state index contributed by atoms with van der Waals surface area (Å²) in [6.07, 6.45) is 0.192. The third kappa shape index (κ3) is 6.85. The van der Waals surface area contributed by atoms with E-state index in [2.05, 4.69) is 15.4 Å². The Bertz CT molecular complexity index is 307. The molecule has 0 fully saturated rings. The molecule has 0 bridgehead atoms. The van der Waals surface area contributed by atoms with Crippen molar-refractivity contribution in [1.82, 2.24) is 15.5 Å². The molecule has 0 aliphatic carbocycles. The highest BCUT2D eigenvalue weighted by Crippen LogP contribution is 2.01. The first kappa shape index (κ1) is 16.4. The molecule has 1 unspecified atom stereocenters. The van der Waals surface area contributed by atoms with Crippen LogP contribution in [0.1, 0.15) is 13.3 Å². The van der Waals surface area contributed by atoms with E-state index >= 15 is 0 Å². The molecule has 0 aliphatic rings. The van der Waals surface area contributed by atoms with Crippen molar-refractivity contribution in [3.63, 3.8) is 0 Å². The van der Waals surface area contributed by atoms with Gasteiger partial charge in [-0.1, -0.05) is 6.92 Å². The van der Waals surface area contributed by atoms with Gasteiger partial charge in [-0.15, -0.1) is 0 Å². The van der Waals surface area contributed by atoms with E-state index in [0.29, 0.717) is 13.1 Å². The maximum Gasteiger partial charge on any atom is 0.321 e. The van der Waals surface area contributed by atoms with Crippen LogP contribution in [0.3, 0.4) is 0 Å². The van der Waals surface area contributed by atoms with Gasteiger partial charge in [-0.05, 0) is 7.05 Å². The number of ether oxygens (including phenoxy) is 1. The normalized spacial score (nSPS) is 11.8. The van der Waals surface area contributed by atoms with Gasteiger partial charge in [-0.25, -0.2) is 4.79 Å². The maximum absolute atomic E-state index is 11.3. The van der Waals surface area contributed by atoms with E-state index in [1.165, 1.54) is 14.2 Å². The molecule has 0 aliphatic heterocycles. The third-order valence-electron chi connectivity index (χ3n) is 2.39. The first-order valence-corrected chi connectivity index (χ1v) is 5.68. The molecule has 104 valence electrons. The summed E-state index contributed by atoms with van der Waals surface area (Å²) in [6.45, 7) is 2.72. The molecule has 0 saturated heterocycles. The van der Waals surface area contributed by atoms with Crippen LogP contribution in [0.4, 0.5) is 4.79 Å². The predicted molar refractivity (Wildman–Crippen MR) is 65.9 cm³/mol. The molecule has 3 amide bonds. The molecule has 0 heterocycles. The number of nitrogens with one attached hydrogen (secondary N) is 2. The topological polar surface area (TPSA) is 87.7 Å². The van der Waals surface area contributed by atoms with Gasteiger partial charge >= 0.3 is 12.0 Å². The fraction of sp³-hybridized carbons (Fsp3) is 0.727. The summed E-state index contributed by atoms with van der Waals surface area (Å²) in [5, 5.41) is 4.46. The van der Waals surface area contributed by atoms with Crippen molar-refractivity contribution < 1.29 is 19.1 Å². The lowest BCUT2D eigenvalue weighted by Gasteiger charge is -2.19. The van der Waals surface area contributed by atoms with Crippen molar-refractivity contribution >= 4 is 17.9 Å². The lowest BCUT2D eigenvalue weighted by Crippen LogP contribution is -2.39. The van der Waals surface area contributed by atoms with Crippen LogP contribution in [0.15, 0.2) is 0 Å². The maximum atomic E-state index is 11.3. The van der Waals surface area contributed by atoms with Gasteiger partial charge in [0.25, 0.3) is 0 Å². The standard InChI is InChI=1S/C11H21N3O4/c1-8(10(16)18-4)7-14(3)6-5-9(15)13-11(17)12-2/h8H,5-7H2,1-4H3,(H2,12,13,15,17). The number of esters is 1. The second-order valence-corrected chi connectivity index (χ2v) is 4.06. The Balaban J connectivity index is 3.89. The average Bonchev–Trinajstić information content (AvgIpc) is 2.34. The molecule has 0 aromatic heterocycles. The summed E-state index contributed by atoms with van der Waals surface area (Å²) in [5.74, 6) is -0.884. The van der Waals surface area contributed by atoms with E-state index in [-0.39, 0.29) is 24.2 Å². The molecular formula is C11H21N3O4. The number of imide groups is 1. The molecule has 0 aromatic carbocycles. The predicted octanol–water partition coefficient (Wildman–Crippen LogP) is -0.427. The third-order valence-corrected chi connectivity index (χ3v) is 2.39. The highest BCUT2D eigenvalue weighted by molar-refractivity contribution is 5.94. The number of nitrogens with zero attached hydrogens (tertiary/aromatic N) is 1. The smallest absolute Gasteiger partial charge is 0.321 e. The van der Waals surface area contributed by atoms with Gasteiger partial charge in [0.05, 0.1) is 13.0 Å². The van der Waals surface area contributed by atoms with Gasteiger partial charge in [0.1, 0.15) is 0 Å². The molecule has 0 radical (unpaired) electrons. The summed E-state index contributed by atoms with van der Waals surface area (Å²) >= 11 is 0. The minimum atomic E-state index is -0.523. The summed E-state index contributed by atoms with van der Waals surface area (Å²) < 4.78 is 4.61. The molecule has 7 heteroatoms. The largest absolute Gasteiger partial charge is 0.469 e. The summed E-state index contributed by atoms with van der Waals surface area (Å²) in [5.41, 5.74) is 0. The minimum absolute atomic E-state index is 0.192. The van der Waals surface area contributed by atoms with Crippen LogP contribution >= 0.6 is 0 Å². The summed E-state index contributed by atoms with van der Waals surface area (Å²) in [6, 6.07) is -0.523. The fourth-order valence-corrected chi connectivity index (χ4v) is 1.38. The Morgan fingerprint density at radius 3 is 2.44 bits per heavy atom. The Morgan fingerprint density at radius 1 is 1.33 bits per heavy atom. The van der Waals surface area contributed by atoms with Gasteiger partial charge in [0.15, 0.2) is 0 Å². The minimum Gasteiger partial charge on any atom is -0.469 e. The highest BCUT2D eigenvalue weighted by atomic mass is 16.5. The molecule has 0 aromatic rings. The number of hydrogen-bond acceptors (Lipinski definition) is 5. The number of methoxy groups -OCH3 is 1. The zero-order chi connectivity index (χ0) is 14.1. The SMILES string of the molecule is CNC(=O)NC(=O)CCN(C)CC(C)C(=O)OC. The molecule has 0 rings (SSSR count). The van der Waals surface area contributed by atoms with Crippen LogP contribution in [0.2, 0.25) is 0 Å². The monoisotopic (exact) mass is 259 g/mol. The van der Waals surface area contributed by atoms with Crippen molar-refractivity contribution in [3.05, 3.63) is 0 Å². The van der Waals surface area contributed by atoms with Gasteiger partial charge in [0, 0.05) is 26.6 Å². The van der Waals surface area contributed by atoms with E-state index < -0.39 is 6.03 Å². The van der Waals surface area contributed by atoms with Crippen molar-refractivity contribution in [2.75, 3.05) is 34.3 Å². The fourth-order valence-electron chi connectivity index (χ4n) is 1.38. The molecule has 7 nitrogen and oxygen atoms in total. The Labute approximate surface area is 107 Å². The lowest BCUT2D eigenvalue weighted by molar-refractivity contribution is -0.145. The second-order valence-electron chi connectivity index (χ2n) is 4.06. The quantitative estimate of drug-likeness (QED) is 0.632. The van der Waals surface area contributed by atoms with E-state index in [9.17, 15) is 14.4 Å². The molecule has 2 N–H and O–H groups in total. The van der Waals surface area contributed by atoms with Crippen molar-refractivity contribution in [2.45, 2.75) is 13.3 Å². The number of carbonyl (C=O) groups excluding carboxylic acids is 3. The van der Waals surface area contributed by atoms with Gasteiger partial charge in [-0.2, -0.15) is 0 Å². The van der Waals surface area contributed by atoms with Crippen molar-refractivity contribution in [1.29, 1.82) is 0 Å². The van der Waals surface area contributed by atoms with Crippen LogP contribution in [-0.4, -0.2) is 57.1 Å². The Morgan fingerprint density at radius 2 is 1.94 bits per heavy atom. The van der Waals surface area contributed by atoms with Crippen LogP contribution in [0, 0.1) is 5.92 Å². The van der Waals surface area contributed by atoms with E-state index in [1.807, 2.05) is 4.90 Å². The summed E-state index contributed by atoms with van der Waals surface area (Å²) in [4.78, 5) is 35.2. The molecule has 18 heavy (non-hydrogen) atoms. The number of carbonyl (C=O) groups is 3. The number of hydrogen-bond donors (Lipinski definition) is 2. The number of amides is 3. The van der Waals surface area contributed by atoms with Crippen LogP contribution < -0.4 is 10.6 Å². The first-order chi connectivity index (χ1) is 8.40. The molecule has 1 atom stereocenters. The van der Waals surface area contributed by atoms with E-state index in [4.69, 9.17) is 0 Å². The average molecular weight is 259 g/mol. The van der Waals surface area contributed by atoms with Crippen molar-refractivity contribution in [2.24, 2.45) is 5.92 Å². The second kappa shape index (κ2) is 8.46. The van der Waals surface area contributed by atoms with Gasteiger partial charge in [-0.3, -0.25) is 14.9 Å². The number of urea groups is 1. The Kier molecular flexibility index (Phi) is 7.69. The van der Waals surface area contributed by atoms with Gasteiger partial charge in [0.2, 0.25) is 5.91 Å².